The van der Waals surface area contributed by atoms with E-state index in [-0.39, 0.29) is 10.6 Å². The number of fused-ring (bicyclic) bond motifs is 15. The fourth-order valence-electron chi connectivity index (χ4n) is 16.4. The highest BCUT2D eigenvalue weighted by molar-refractivity contribution is 7.27. The van der Waals surface area contributed by atoms with Crippen LogP contribution in [0.2, 0.25) is 30.8 Å². The third-order valence-corrected chi connectivity index (χ3v) is 27.4. The molecule has 0 aliphatic carbocycles. The minimum atomic E-state index is -1.46. The Kier molecular flexibility index (Phi) is 27.0. The Hall–Kier alpha value is -13.3. The van der Waals surface area contributed by atoms with Gasteiger partial charge in [0.25, 0.3) is 0 Å². The molecule has 6 N–H and O–H groups in total. The summed E-state index contributed by atoms with van der Waals surface area (Å²) in [5.41, 5.74) is 22.2. The van der Waals surface area contributed by atoms with E-state index in [2.05, 4.69) is 211 Å². The molecule has 0 radical (unpaired) electrons. The van der Waals surface area contributed by atoms with Gasteiger partial charge in [-0.15, -0.1) is 34.0 Å². The Bertz CT molecular complexity index is 8350. The van der Waals surface area contributed by atoms with Gasteiger partial charge in [-0.25, -0.2) is 29.9 Å². The topological polar surface area (TPSA) is 209 Å². The minimum absolute atomic E-state index is 0.159. The zero-order valence-electron chi connectivity index (χ0n) is 70.5. The zero-order chi connectivity index (χ0) is 92.0. The molecule has 0 bridgehead atoms. The molecule has 0 atom stereocenters. The van der Waals surface area contributed by atoms with E-state index < -0.39 is 21.4 Å². The van der Waals surface area contributed by atoms with Crippen LogP contribution in [-0.4, -0.2) is 90.5 Å². The normalized spacial score (nSPS) is 11.1. The van der Waals surface area contributed by atoms with Crippen molar-refractivity contribution in [3.8, 4) is 78.7 Å². The summed E-state index contributed by atoms with van der Waals surface area (Å²) in [5.74, 6) is 0.694. The maximum atomic E-state index is 9.42. The molecular weight excluding hydrogens is 1850 g/mol. The van der Waals surface area contributed by atoms with Crippen molar-refractivity contribution in [1.82, 2.24) is 39.0 Å². The second-order valence-corrected chi connectivity index (χ2v) is 36.6. The predicted octanol–water partition coefficient (Wildman–Crippen LogP) is 26.7. The van der Waals surface area contributed by atoms with E-state index in [9.17, 15) is 10.0 Å². The van der Waals surface area contributed by atoms with Crippen LogP contribution < -0.4 is 16.4 Å². The van der Waals surface area contributed by atoms with E-state index in [4.69, 9.17) is 99.7 Å². The van der Waals surface area contributed by atoms with Crippen molar-refractivity contribution in [2.75, 3.05) is 0 Å². The lowest BCUT2D eigenvalue weighted by atomic mass is 9.79. The molecule has 0 unspecified atom stereocenters. The molecule has 0 saturated carbocycles. The zero-order valence-corrected chi connectivity index (χ0v) is 77.5. The first-order chi connectivity index (χ1) is 65.4. The van der Waals surface area contributed by atoms with Crippen LogP contribution in [0, 0.1) is 0 Å². The van der Waals surface area contributed by atoms with Gasteiger partial charge in [-0.3, -0.25) is 0 Å². The number of hydrogen-bond acceptors (Lipinski definition) is 15. The van der Waals surface area contributed by atoms with Gasteiger partial charge in [0, 0.05) is 94.9 Å². The molecule has 134 heavy (non-hydrogen) atoms. The maximum Gasteiger partial charge on any atom is 0.488 e. The molecule has 24 rings (SSSR count). The summed E-state index contributed by atoms with van der Waals surface area (Å²) in [6.07, 6.45) is 0. The standard InChI is InChI=1S/C40H24ClN3S.C22H12Cl2N2S.C18H14BNO2.C12H11BO2.C10H3Cl3N2S.C6H7BO2/c41-29-20-21-33-36(24-29)45-39-37(27-13-8-12-26(22-27)25-10-2-1-3-11-25)42-40(43-38(33)39)28-14-9-15-30(23-28)44-34-18-6-4-16-31(34)32-17-5-7-19-35(32)44;23-16-9-10-17-18(12-16)27-21-19(25-22(24)26-20(17)21)15-8-4-7-14(11-15)13-5-2-1-3-6-13;21-19(22)13-6-5-7-14(12-13)20-17-10-3-1-8-15(17)16-9-2-4-11-18(16)20;14-13(15)12-8-4-7-11(9-12)10-5-2-1-3-6-10;11-4-1-2-5-6(3-4)16-8-7(5)14-10(13)15-9(8)12;8-7(9)6-4-2-1-3-5-6/h1-24H;1-12H;1-12,21-22H;1-9,14-15H;1-3H;1-5,8-9H. The van der Waals surface area contributed by atoms with Crippen molar-refractivity contribution in [1.29, 1.82) is 0 Å². The number of para-hydroxylation sites is 4. The lowest BCUT2D eigenvalue weighted by molar-refractivity contribution is 0.424. The van der Waals surface area contributed by atoms with Gasteiger partial charge < -0.3 is 39.3 Å². The van der Waals surface area contributed by atoms with Crippen molar-refractivity contribution < 1.29 is 30.1 Å². The number of nitrogens with zero attached hydrogens (tertiary/aromatic N) is 8. The Balaban J connectivity index is 0.000000112. The lowest BCUT2D eigenvalue weighted by Crippen LogP contribution is -2.29. The Morgan fingerprint density at radius 2 is 0.537 bits per heavy atom. The highest BCUT2D eigenvalue weighted by Gasteiger charge is 2.23. The number of rotatable bonds is 11. The van der Waals surface area contributed by atoms with Crippen molar-refractivity contribution in [2.24, 2.45) is 0 Å². The molecule has 26 heteroatoms. The molecule has 0 saturated heterocycles. The van der Waals surface area contributed by atoms with E-state index in [0.717, 1.165) is 134 Å². The van der Waals surface area contributed by atoms with Crippen LogP contribution in [-0.2, 0) is 0 Å². The molecule has 0 aliphatic heterocycles. The average Bonchev–Trinajstić information content (AvgIpc) is 1.60. The van der Waals surface area contributed by atoms with E-state index in [1.54, 1.807) is 65.1 Å². The molecule has 0 aliphatic rings. The highest BCUT2D eigenvalue weighted by atomic mass is 35.5. The molecule has 0 amide bonds. The smallest absolute Gasteiger partial charge is 0.423 e. The van der Waals surface area contributed by atoms with Crippen LogP contribution >= 0.6 is 104 Å². The number of halogens is 6. The summed E-state index contributed by atoms with van der Waals surface area (Å²) >= 11 is 41.5. The third-order valence-electron chi connectivity index (χ3n) is 22.6. The van der Waals surface area contributed by atoms with Crippen molar-refractivity contribution in [3.63, 3.8) is 0 Å². The van der Waals surface area contributed by atoms with Gasteiger partial charge in [-0.1, -0.05) is 325 Å². The van der Waals surface area contributed by atoms with Crippen LogP contribution in [0.25, 0.3) is 183 Å². The van der Waals surface area contributed by atoms with Gasteiger partial charge in [0.1, 0.15) is 0 Å². The minimum Gasteiger partial charge on any atom is -0.423 e. The van der Waals surface area contributed by atoms with Gasteiger partial charge in [-0.05, 0) is 188 Å². The summed E-state index contributed by atoms with van der Waals surface area (Å²) in [7, 11) is -4.21. The van der Waals surface area contributed by atoms with Gasteiger partial charge >= 0.3 is 21.4 Å². The van der Waals surface area contributed by atoms with Gasteiger partial charge in [0.2, 0.25) is 10.6 Å². The van der Waals surface area contributed by atoms with Gasteiger partial charge in [0.05, 0.1) is 64.1 Å². The van der Waals surface area contributed by atoms with Crippen molar-refractivity contribution >= 4 is 246 Å². The molecule has 8 heterocycles. The van der Waals surface area contributed by atoms with Crippen molar-refractivity contribution in [2.45, 2.75) is 0 Å². The lowest BCUT2D eigenvalue weighted by Gasteiger charge is -2.11. The summed E-state index contributed by atoms with van der Waals surface area (Å²) in [4.78, 5) is 27.7. The SMILES string of the molecule is Clc1ccc2c(c1)sc1c(-c3cccc(-c4ccccc4)c3)nc(-c3cccc(-n4c5ccccc5c5ccccc54)c3)nc12.Clc1ccc2c(c1)sc1c(-c3cccc(-c4ccccc4)c3)nc(Cl)nc12.Clc1ccc2c(c1)sc1c(Cl)nc(Cl)nc12.OB(O)c1cccc(-c2ccccc2)c1.OB(O)c1cccc(-n2c3ccccc3c3ccccc32)c1.OB(O)c1ccccc1. The monoisotopic (exact) mass is 1910 g/mol. The van der Waals surface area contributed by atoms with E-state index in [0.29, 0.717) is 42.4 Å². The van der Waals surface area contributed by atoms with Crippen LogP contribution in [0.15, 0.2) is 394 Å². The molecule has 24 aromatic rings. The van der Waals surface area contributed by atoms with Crippen LogP contribution in [0.1, 0.15) is 0 Å². The second kappa shape index (κ2) is 40.3. The first-order valence-corrected chi connectivity index (χ1v) is 47.0. The molecule has 0 fully saturated rings. The predicted molar refractivity (Wildman–Crippen MR) is 565 cm³/mol. The fourth-order valence-corrected chi connectivity index (χ4v) is 21.2. The molecule has 648 valence electrons. The number of benzene rings is 16. The van der Waals surface area contributed by atoms with Gasteiger partial charge in [0.15, 0.2) is 11.0 Å². The second-order valence-electron chi connectivity index (χ2n) is 31.1. The molecular formula is C108H71B3Cl6N8O6S3. The maximum absolute atomic E-state index is 9.42. The summed E-state index contributed by atoms with van der Waals surface area (Å²) < 4.78 is 10.6. The summed E-state index contributed by atoms with van der Waals surface area (Å²) in [5, 5.41) is 65.0. The third kappa shape index (κ3) is 19.3. The quantitative estimate of drug-likeness (QED) is 0.0406. The molecule has 0 spiro atoms. The largest absolute Gasteiger partial charge is 0.488 e. The average molecular weight is 1920 g/mol. The number of aromatic nitrogens is 8. The van der Waals surface area contributed by atoms with Crippen LogP contribution in [0.4, 0.5) is 0 Å². The van der Waals surface area contributed by atoms with E-state index in [1.807, 2.05) is 170 Å². The number of hydrogen-bond donors (Lipinski definition) is 6. The van der Waals surface area contributed by atoms with Crippen LogP contribution in [0.3, 0.4) is 0 Å². The fraction of sp³-hybridized carbons (Fsp3) is 0. The summed E-state index contributed by atoms with van der Waals surface area (Å²) in [6, 6.07) is 131. The molecule has 14 nitrogen and oxygen atoms in total. The first-order valence-electron chi connectivity index (χ1n) is 42.3. The molecule has 16 aromatic carbocycles. The number of thiophene rings is 3. The Morgan fingerprint density at radius 3 is 0.970 bits per heavy atom. The Labute approximate surface area is 811 Å². The Morgan fingerprint density at radius 1 is 0.224 bits per heavy atom. The molecule has 8 aromatic heterocycles. The van der Waals surface area contributed by atoms with E-state index >= 15 is 0 Å². The summed E-state index contributed by atoms with van der Waals surface area (Å²) in [6.45, 7) is 0. The van der Waals surface area contributed by atoms with E-state index in [1.165, 1.54) is 55.0 Å². The van der Waals surface area contributed by atoms with Gasteiger partial charge in [-0.2, -0.15) is 0 Å². The highest BCUT2D eigenvalue weighted by Crippen LogP contribution is 2.45. The van der Waals surface area contributed by atoms with Crippen LogP contribution in [0.5, 0.6) is 0 Å². The van der Waals surface area contributed by atoms with Crippen molar-refractivity contribution in [3.05, 3.63) is 425 Å². The first kappa shape index (κ1) is 89.9.